The van der Waals surface area contributed by atoms with E-state index in [0.29, 0.717) is 5.02 Å². The van der Waals surface area contributed by atoms with Crippen LogP contribution in [0.3, 0.4) is 0 Å². The molecule has 26 heavy (non-hydrogen) atoms. The molecule has 0 unspecified atom stereocenters. The Morgan fingerprint density at radius 2 is 1.77 bits per heavy atom. The lowest BCUT2D eigenvalue weighted by atomic mass is 10.2. The number of nitrogens with one attached hydrogen (secondary N) is 2. The summed E-state index contributed by atoms with van der Waals surface area (Å²) in [5.74, 6) is 0.251. The van der Waals surface area contributed by atoms with Crippen molar-refractivity contribution in [2.75, 3.05) is 10.0 Å². The zero-order chi connectivity index (χ0) is 18.6. The second-order valence-corrected chi connectivity index (χ2v) is 7.79. The van der Waals surface area contributed by atoms with Crippen molar-refractivity contribution in [3.8, 4) is 0 Å². The van der Waals surface area contributed by atoms with Gasteiger partial charge in [-0.3, -0.25) is 4.72 Å². The first-order chi connectivity index (χ1) is 12.5. The topological polar surface area (TPSA) is 71.1 Å². The average Bonchev–Trinajstić information content (AvgIpc) is 2.63. The minimum atomic E-state index is -3.67. The fourth-order valence-electron chi connectivity index (χ4n) is 2.36. The van der Waals surface area contributed by atoms with Gasteiger partial charge < -0.3 is 5.32 Å². The fraction of sp³-hybridized carbons (Fsp3) is 0.105. The monoisotopic (exact) mass is 387 g/mol. The molecule has 0 atom stereocenters. The van der Waals surface area contributed by atoms with Gasteiger partial charge in [-0.2, -0.15) is 0 Å². The number of aromatic nitrogens is 1. The first kappa shape index (κ1) is 18.2. The van der Waals surface area contributed by atoms with E-state index in [1.165, 1.54) is 0 Å². The number of benzene rings is 2. The number of sulfonamides is 1. The van der Waals surface area contributed by atoms with Crippen LogP contribution in [0.1, 0.15) is 12.5 Å². The van der Waals surface area contributed by atoms with Crippen molar-refractivity contribution in [3.63, 3.8) is 0 Å². The molecule has 134 valence electrons. The van der Waals surface area contributed by atoms with Crippen LogP contribution in [-0.4, -0.2) is 13.4 Å². The highest BCUT2D eigenvalue weighted by molar-refractivity contribution is 7.92. The standard InChI is InChI=1S/C19H18ClN3O2S/c1-2-14-6-9-18(10-7-14)26(24,25)23-19-11-8-17(13-21-19)22-16-5-3-4-15(20)12-16/h3-13,22H,2H2,1H3,(H,21,23). The average molecular weight is 388 g/mol. The Bertz CT molecular complexity index is 988. The molecule has 3 aromatic rings. The molecular formula is C19H18ClN3O2S. The second-order valence-electron chi connectivity index (χ2n) is 5.67. The third kappa shape index (κ3) is 4.53. The smallest absolute Gasteiger partial charge is 0.263 e. The van der Waals surface area contributed by atoms with Crippen molar-refractivity contribution in [2.24, 2.45) is 0 Å². The number of nitrogens with zero attached hydrogens (tertiary/aromatic N) is 1. The lowest BCUT2D eigenvalue weighted by Gasteiger charge is -2.10. The predicted octanol–water partition coefficient (Wildman–Crippen LogP) is 4.84. The summed E-state index contributed by atoms with van der Waals surface area (Å²) in [5, 5.41) is 3.78. The van der Waals surface area contributed by atoms with Gasteiger partial charge in [0.1, 0.15) is 5.82 Å². The summed E-state index contributed by atoms with van der Waals surface area (Å²) >= 11 is 5.95. The molecule has 0 fully saturated rings. The highest BCUT2D eigenvalue weighted by atomic mass is 35.5. The lowest BCUT2D eigenvalue weighted by Crippen LogP contribution is -2.13. The molecule has 1 aromatic heterocycles. The first-order valence-electron chi connectivity index (χ1n) is 8.07. The molecule has 0 aliphatic rings. The molecule has 2 N–H and O–H groups in total. The summed E-state index contributed by atoms with van der Waals surface area (Å²) in [6.45, 7) is 2.02. The Hall–Kier alpha value is -2.57. The predicted molar refractivity (Wildman–Crippen MR) is 106 cm³/mol. The van der Waals surface area contributed by atoms with Gasteiger partial charge in [-0.05, 0) is 54.4 Å². The molecule has 7 heteroatoms. The minimum Gasteiger partial charge on any atom is -0.354 e. The van der Waals surface area contributed by atoms with Crippen molar-refractivity contribution < 1.29 is 8.42 Å². The summed E-state index contributed by atoms with van der Waals surface area (Å²) in [6.07, 6.45) is 2.41. The van der Waals surface area contributed by atoms with Crippen LogP contribution in [0.4, 0.5) is 17.2 Å². The number of hydrogen-bond acceptors (Lipinski definition) is 4. The fourth-order valence-corrected chi connectivity index (χ4v) is 3.56. The quantitative estimate of drug-likeness (QED) is 0.634. The van der Waals surface area contributed by atoms with Crippen LogP contribution in [0.15, 0.2) is 71.8 Å². The molecule has 3 rings (SSSR count). The molecule has 0 amide bonds. The van der Waals surface area contributed by atoms with Crippen LogP contribution >= 0.6 is 11.6 Å². The van der Waals surface area contributed by atoms with E-state index in [1.807, 2.05) is 19.1 Å². The van der Waals surface area contributed by atoms with Gasteiger partial charge in [0.2, 0.25) is 0 Å². The minimum absolute atomic E-state index is 0.206. The van der Waals surface area contributed by atoms with E-state index in [0.717, 1.165) is 23.4 Å². The molecule has 2 aromatic carbocycles. The van der Waals surface area contributed by atoms with Crippen LogP contribution in [0.25, 0.3) is 0 Å². The van der Waals surface area contributed by atoms with E-state index in [-0.39, 0.29) is 10.7 Å². The van der Waals surface area contributed by atoms with Crippen LogP contribution in [-0.2, 0) is 16.4 Å². The van der Waals surface area contributed by atoms with E-state index in [2.05, 4.69) is 15.0 Å². The third-order valence-electron chi connectivity index (χ3n) is 3.76. The molecule has 5 nitrogen and oxygen atoms in total. The SMILES string of the molecule is CCc1ccc(S(=O)(=O)Nc2ccc(Nc3cccc(Cl)c3)cn2)cc1. The summed E-state index contributed by atoms with van der Waals surface area (Å²) in [5.41, 5.74) is 2.63. The molecule has 0 bridgehead atoms. The van der Waals surface area contributed by atoms with E-state index in [1.54, 1.807) is 54.7 Å². The second kappa shape index (κ2) is 7.76. The van der Waals surface area contributed by atoms with Crippen LogP contribution in [0.5, 0.6) is 0 Å². The highest BCUT2D eigenvalue weighted by Crippen LogP contribution is 2.21. The van der Waals surface area contributed by atoms with Crippen molar-refractivity contribution in [1.82, 2.24) is 4.98 Å². The normalized spacial score (nSPS) is 11.2. The number of rotatable bonds is 6. The van der Waals surface area contributed by atoms with Crippen LogP contribution < -0.4 is 10.0 Å². The van der Waals surface area contributed by atoms with Crippen LogP contribution in [0.2, 0.25) is 5.02 Å². The maximum atomic E-state index is 12.4. The highest BCUT2D eigenvalue weighted by Gasteiger charge is 2.14. The Balaban J connectivity index is 1.71. The molecular weight excluding hydrogens is 370 g/mol. The maximum absolute atomic E-state index is 12.4. The van der Waals surface area contributed by atoms with Gasteiger partial charge in [0.25, 0.3) is 10.0 Å². The number of pyridine rings is 1. The number of hydrogen-bond donors (Lipinski definition) is 2. The van der Waals surface area contributed by atoms with E-state index in [9.17, 15) is 8.42 Å². The summed E-state index contributed by atoms with van der Waals surface area (Å²) in [7, 11) is -3.67. The molecule has 1 heterocycles. The maximum Gasteiger partial charge on any atom is 0.263 e. The molecule has 0 saturated heterocycles. The summed E-state index contributed by atoms with van der Waals surface area (Å²) in [6, 6.07) is 17.4. The lowest BCUT2D eigenvalue weighted by molar-refractivity contribution is 0.601. The molecule has 0 spiro atoms. The third-order valence-corrected chi connectivity index (χ3v) is 5.36. The van der Waals surface area contributed by atoms with Gasteiger partial charge in [-0.1, -0.05) is 36.7 Å². The largest absolute Gasteiger partial charge is 0.354 e. The number of halogens is 1. The molecule has 0 aliphatic carbocycles. The van der Waals surface area contributed by atoms with Crippen molar-refractivity contribution in [3.05, 3.63) is 77.4 Å². The van der Waals surface area contributed by atoms with Gasteiger partial charge in [-0.25, -0.2) is 13.4 Å². The number of anilines is 3. The van der Waals surface area contributed by atoms with Gasteiger partial charge in [0.05, 0.1) is 16.8 Å². The van der Waals surface area contributed by atoms with E-state index < -0.39 is 10.0 Å². The van der Waals surface area contributed by atoms with Crippen LogP contribution in [0, 0.1) is 0 Å². The molecule has 0 saturated carbocycles. The number of aryl methyl sites for hydroxylation is 1. The Kier molecular flexibility index (Phi) is 5.44. The van der Waals surface area contributed by atoms with Crippen molar-refractivity contribution in [2.45, 2.75) is 18.2 Å². The van der Waals surface area contributed by atoms with E-state index >= 15 is 0 Å². The Morgan fingerprint density at radius 1 is 1.00 bits per heavy atom. The Labute approximate surface area is 158 Å². The van der Waals surface area contributed by atoms with Crippen molar-refractivity contribution >= 4 is 38.8 Å². The van der Waals surface area contributed by atoms with Gasteiger partial charge in [-0.15, -0.1) is 0 Å². The zero-order valence-electron chi connectivity index (χ0n) is 14.1. The summed E-state index contributed by atoms with van der Waals surface area (Å²) < 4.78 is 27.4. The van der Waals surface area contributed by atoms with Gasteiger partial charge in [0, 0.05) is 10.7 Å². The van der Waals surface area contributed by atoms with Gasteiger partial charge in [0.15, 0.2) is 0 Å². The molecule has 0 aliphatic heterocycles. The first-order valence-corrected chi connectivity index (χ1v) is 9.93. The Morgan fingerprint density at radius 3 is 2.38 bits per heavy atom. The summed E-state index contributed by atoms with van der Waals surface area (Å²) in [4.78, 5) is 4.36. The zero-order valence-corrected chi connectivity index (χ0v) is 15.7. The van der Waals surface area contributed by atoms with Crippen molar-refractivity contribution in [1.29, 1.82) is 0 Å². The van der Waals surface area contributed by atoms with E-state index in [4.69, 9.17) is 11.6 Å². The van der Waals surface area contributed by atoms with Gasteiger partial charge >= 0.3 is 0 Å². The molecule has 0 radical (unpaired) electrons.